The Morgan fingerprint density at radius 1 is 1.35 bits per heavy atom. The van der Waals surface area contributed by atoms with Crippen LogP contribution in [0.3, 0.4) is 0 Å². The molecule has 0 aliphatic carbocycles. The summed E-state index contributed by atoms with van der Waals surface area (Å²) >= 11 is 3.25. The highest BCUT2D eigenvalue weighted by molar-refractivity contribution is 9.10. The minimum Gasteiger partial charge on any atom is -0.409 e. The third-order valence-corrected chi connectivity index (χ3v) is 5.34. The lowest BCUT2D eigenvalue weighted by Crippen LogP contribution is -2.56. The van der Waals surface area contributed by atoms with E-state index in [0.717, 1.165) is 4.47 Å². The fourth-order valence-corrected chi connectivity index (χ4v) is 3.62. The van der Waals surface area contributed by atoms with E-state index in [0.29, 0.717) is 12.8 Å². The quantitative estimate of drug-likeness (QED) is 0.311. The van der Waals surface area contributed by atoms with Crippen molar-refractivity contribution in [2.45, 2.75) is 37.1 Å². The molecule has 0 bridgehead atoms. The van der Waals surface area contributed by atoms with Crippen LogP contribution in [0.25, 0.3) is 0 Å². The Morgan fingerprint density at radius 3 is 2.25 bits per heavy atom. The first-order chi connectivity index (χ1) is 9.31. The van der Waals surface area contributed by atoms with Gasteiger partial charge in [0.1, 0.15) is 0 Å². The van der Waals surface area contributed by atoms with Crippen molar-refractivity contribution in [1.29, 1.82) is 0 Å². The van der Waals surface area contributed by atoms with Gasteiger partial charge in [-0.1, -0.05) is 34.9 Å². The summed E-state index contributed by atoms with van der Waals surface area (Å²) in [5, 5.41) is 11.8. The summed E-state index contributed by atoms with van der Waals surface area (Å²) in [6.07, 6.45) is 0.740. The standard InChI is InChI=1S/C12H18BrN3O3S/c1-3-12(4-2,11(14)15-17)16-20(18,19)10-7-5-9(13)6-8-10/h5-8,16-17H,3-4H2,1-2H3,(H2,14,15). The smallest absolute Gasteiger partial charge is 0.241 e. The van der Waals surface area contributed by atoms with Crippen molar-refractivity contribution >= 4 is 31.8 Å². The molecule has 8 heteroatoms. The number of sulfonamides is 1. The van der Waals surface area contributed by atoms with Gasteiger partial charge in [0, 0.05) is 4.47 Å². The Balaban J connectivity index is 3.19. The van der Waals surface area contributed by atoms with Crippen LogP contribution in [0.4, 0.5) is 0 Å². The number of hydrogen-bond acceptors (Lipinski definition) is 4. The van der Waals surface area contributed by atoms with Gasteiger partial charge < -0.3 is 10.9 Å². The Morgan fingerprint density at radius 2 is 1.85 bits per heavy atom. The van der Waals surface area contributed by atoms with Crippen LogP contribution in [0.15, 0.2) is 38.8 Å². The van der Waals surface area contributed by atoms with E-state index in [1.54, 1.807) is 26.0 Å². The van der Waals surface area contributed by atoms with Crippen molar-refractivity contribution in [3.05, 3.63) is 28.7 Å². The number of amidine groups is 1. The van der Waals surface area contributed by atoms with Gasteiger partial charge in [0.15, 0.2) is 5.84 Å². The second kappa shape index (κ2) is 6.55. The van der Waals surface area contributed by atoms with Crippen LogP contribution < -0.4 is 10.5 Å². The van der Waals surface area contributed by atoms with Crippen LogP contribution in [-0.4, -0.2) is 25.0 Å². The lowest BCUT2D eigenvalue weighted by Gasteiger charge is -2.30. The molecule has 0 aliphatic heterocycles. The molecule has 1 aromatic rings. The number of halogens is 1. The Bertz CT molecular complexity index is 580. The van der Waals surface area contributed by atoms with Gasteiger partial charge in [0.25, 0.3) is 0 Å². The molecule has 0 saturated heterocycles. The van der Waals surface area contributed by atoms with E-state index in [1.807, 2.05) is 0 Å². The van der Waals surface area contributed by atoms with Crippen LogP contribution in [0.5, 0.6) is 0 Å². The lowest BCUT2D eigenvalue weighted by molar-refractivity contribution is 0.307. The Labute approximate surface area is 127 Å². The van der Waals surface area contributed by atoms with E-state index in [1.165, 1.54) is 12.1 Å². The summed E-state index contributed by atoms with van der Waals surface area (Å²) in [7, 11) is -3.76. The van der Waals surface area contributed by atoms with Crippen LogP contribution in [0.1, 0.15) is 26.7 Å². The normalized spacial score (nSPS) is 13.4. The topological polar surface area (TPSA) is 105 Å². The Kier molecular flexibility index (Phi) is 5.55. The zero-order valence-corrected chi connectivity index (χ0v) is 13.7. The second-order valence-corrected chi connectivity index (χ2v) is 6.93. The molecular formula is C12H18BrN3O3S. The molecule has 1 aromatic carbocycles. The maximum atomic E-state index is 12.4. The van der Waals surface area contributed by atoms with Crippen LogP contribution in [0, 0.1) is 0 Å². The number of nitrogens with zero attached hydrogens (tertiary/aromatic N) is 1. The van der Waals surface area contributed by atoms with E-state index in [9.17, 15) is 8.42 Å². The first-order valence-corrected chi connectivity index (χ1v) is 8.36. The molecule has 0 amide bonds. The lowest BCUT2D eigenvalue weighted by atomic mass is 9.93. The molecule has 0 heterocycles. The molecule has 4 N–H and O–H groups in total. The fraction of sp³-hybridized carbons (Fsp3) is 0.417. The largest absolute Gasteiger partial charge is 0.409 e. The summed E-state index contributed by atoms with van der Waals surface area (Å²) < 4.78 is 28.1. The van der Waals surface area contributed by atoms with Gasteiger partial charge in [-0.3, -0.25) is 0 Å². The fourth-order valence-electron chi connectivity index (χ4n) is 1.83. The predicted octanol–water partition coefficient (Wildman–Crippen LogP) is 2.03. The highest BCUT2D eigenvalue weighted by Crippen LogP contribution is 2.21. The number of benzene rings is 1. The van der Waals surface area contributed by atoms with E-state index < -0.39 is 15.6 Å². The molecule has 0 radical (unpaired) electrons. The van der Waals surface area contributed by atoms with Crippen LogP contribution in [-0.2, 0) is 10.0 Å². The van der Waals surface area contributed by atoms with Gasteiger partial charge in [0.05, 0.1) is 10.4 Å². The molecule has 0 spiro atoms. The molecular weight excluding hydrogens is 346 g/mol. The molecule has 1 rings (SSSR count). The molecule has 0 unspecified atom stereocenters. The van der Waals surface area contributed by atoms with Crippen molar-refractivity contribution in [3.8, 4) is 0 Å². The SMILES string of the molecule is CCC(CC)(NS(=O)(=O)c1ccc(Br)cc1)/C(N)=N/O. The van der Waals surface area contributed by atoms with E-state index in [-0.39, 0.29) is 10.7 Å². The molecule has 112 valence electrons. The van der Waals surface area contributed by atoms with E-state index in [2.05, 4.69) is 25.8 Å². The van der Waals surface area contributed by atoms with Crippen LogP contribution in [0.2, 0.25) is 0 Å². The van der Waals surface area contributed by atoms with Gasteiger partial charge in [-0.25, -0.2) is 8.42 Å². The first kappa shape index (κ1) is 16.9. The first-order valence-electron chi connectivity index (χ1n) is 6.09. The molecule has 0 aromatic heterocycles. The third kappa shape index (κ3) is 3.50. The van der Waals surface area contributed by atoms with Gasteiger partial charge in [0.2, 0.25) is 10.0 Å². The maximum absolute atomic E-state index is 12.4. The summed E-state index contributed by atoms with van der Waals surface area (Å²) in [5.74, 6) is -0.150. The highest BCUT2D eigenvalue weighted by Gasteiger charge is 2.36. The predicted molar refractivity (Wildman–Crippen MR) is 81.2 cm³/mol. The molecule has 6 nitrogen and oxygen atoms in total. The highest BCUT2D eigenvalue weighted by atomic mass is 79.9. The second-order valence-electron chi connectivity index (χ2n) is 4.33. The number of nitrogens with one attached hydrogen (secondary N) is 1. The third-order valence-electron chi connectivity index (χ3n) is 3.26. The van der Waals surface area contributed by atoms with Crippen molar-refractivity contribution in [1.82, 2.24) is 4.72 Å². The minimum atomic E-state index is -3.76. The average molecular weight is 364 g/mol. The van der Waals surface area contributed by atoms with Crippen molar-refractivity contribution in [3.63, 3.8) is 0 Å². The number of rotatable bonds is 6. The van der Waals surface area contributed by atoms with Gasteiger partial charge in [-0.2, -0.15) is 4.72 Å². The molecule has 0 fully saturated rings. The maximum Gasteiger partial charge on any atom is 0.241 e. The number of nitrogens with two attached hydrogens (primary N) is 1. The van der Waals surface area contributed by atoms with Crippen molar-refractivity contribution in [2.75, 3.05) is 0 Å². The van der Waals surface area contributed by atoms with E-state index in [4.69, 9.17) is 10.9 Å². The number of oxime groups is 1. The van der Waals surface area contributed by atoms with Crippen molar-refractivity contribution in [2.24, 2.45) is 10.9 Å². The van der Waals surface area contributed by atoms with Gasteiger partial charge >= 0.3 is 0 Å². The zero-order chi connectivity index (χ0) is 15.4. The van der Waals surface area contributed by atoms with E-state index >= 15 is 0 Å². The number of hydrogen-bond donors (Lipinski definition) is 3. The average Bonchev–Trinajstić information content (AvgIpc) is 2.44. The van der Waals surface area contributed by atoms with Crippen molar-refractivity contribution < 1.29 is 13.6 Å². The van der Waals surface area contributed by atoms with Gasteiger partial charge in [-0.15, -0.1) is 0 Å². The summed E-state index contributed by atoms with van der Waals surface area (Å²) in [4.78, 5) is 0.123. The van der Waals surface area contributed by atoms with Crippen LogP contribution >= 0.6 is 15.9 Å². The summed E-state index contributed by atoms with van der Waals surface area (Å²) in [5.41, 5.74) is 4.55. The molecule has 20 heavy (non-hydrogen) atoms. The monoisotopic (exact) mass is 363 g/mol. The van der Waals surface area contributed by atoms with Gasteiger partial charge in [-0.05, 0) is 37.1 Å². The molecule has 0 saturated carbocycles. The zero-order valence-electron chi connectivity index (χ0n) is 11.3. The summed E-state index contributed by atoms with van der Waals surface area (Å²) in [6, 6.07) is 6.23. The molecule has 0 atom stereocenters. The summed E-state index contributed by atoms with van der Waals surface area (Å²) in [6.45, 7) is 3.54. The Hall–Kier alpha value is -1.12. The molecule has 0 aliphatic rings. The minimum absolute atomic E-state index is 0.123.